The van der Waals surface area contributed by atoms with Crippen LogP contribution < -0.4 is 0 Å². The lowest BCUT2D eigenvalue weighted by atomic mass is 10.1. The average molecular weight is 308 g/mol. The lowest BCUT2D eigenvalue weighted by Gasteiger charge is -2.01. The van der Waals surface area contributed by atoms with Gasteiger partial charge in [0, 0.05) is 0 Å². The zero-order chi connectivity index (χ0) is 16.1. The average Bonchev–Trinajstić information content (AvgIpc) is 2.54. The highest BCUT2D eigenvalue weighted by Gasteiger charge is 1.92. The summed E-state index contributed by atoms with van der Waals surface area (Å²) >= 11 is 0. The van der Waals surface area contributed by atoms with Gasteiger partial charge in [0.05, 0.1) is 0 Å². The van der Waals surface area contributed by atoms with E-state index in [2.05, 4.69) is 26.0 Å². The van der Waals surface area contributed by atoms with E-state index in [0.29, 0.717) is 0 Å². The zero-order valence-corrected chi connectivity index (χ0v) is 15.6. The molecule has 0 fully saturated rings. The molecule has 22 heavy (non-hydrogen) atoms. The molecule has 0 bridgehead atoms. The minimum absolute atomic E-state index is 1.11. The van der Waals surface area contributed by atoms with E-state index in [9.17, 15) is 0 Å². The van der Waals surface area contributed by atoms with Crippen molar-refractivity contribution in [2.45, 2.75) is 122 Å². The van der Waals surface area contributed by atoms with E-state index in [4.69, 9.17) is 0 Å². The van der Waals surface area contributed by atoms with Crippen LogP contribution in [0.1, 0.15) is 122 Å². The molecule has 0 N–H and O–H groups in total. The summed E-state index contributed by atoms with van der Waals surface area (Å²) in [5.41, 5.74) is 0. The maximum absolute atomic E-state index is 3.89. The molecule has 0 amide bonds. The van der Waals surface area contributed by atoms with Crippen LogP contribution in [0.25, 0.3) is 0 Å². The van der Waals surface area contributed by atoms with Crippen molar-refractivity contribution in [3.63, 3.8) is 0 Å². The predicted molar refractivity (Wildman–Crippen MR) is 103 cm³/mol. The third-order valence-corrected chi connectivity index (χ3v) is 4.51. The third kappa shape index (κ3) is 19.7. The van der Waals surface area contributed by atoms with E-state index >= 15 is 0 Å². The molecular formula is C22H43. The highest BCUT2D eigenvalue weighted by atomic mass is 14.0. The molecule has 0 aromatic carbocycles. The minimum atomic E-state index is 1.11. The Morgan fingerprint density at radius 1 is 0.500 bits per heavy atom. The van der Waals surface area contributed by atoms with Gasteiger partial charge in [-0.05, 0) is 25.7 Å². The van der Waals surface area contributed by atoms with Gasteiger partial charge in [0.1, 0.15) is 0 Å². The monoisotopic (exact) mass is 307 g/mol. The van der Waals surface area contributed by atoms with Gasteiger partial charge in [-0.25, -0.2) is 0 Å². The van der Waals surface area contributed by atoms with Crippen LogP contribution in [0.3, 0.4) is 0 Å². The van der Waals surface area contributed by atoms with Crippen molar-refractivity contribution in [3.05, 3.63) is 19.1 Å². The molecule has 0 aliphatic heterocycles. The van der Waals surface area contributed by atoms with Crippen molar-refractivity contribution < 1.29 is 0 Å². The summed E-state index contributed by atoms with van der Waals surface area (Å²) in [5.74, 6) is 0. The van der Waals surface area contributed by atoms with Gasteiger partial charge >= 0.3 is 0 Å². The number of hydrogen-bond donors (Lipinski definition) is 0. The van der Waals surface area contributed by atoms with Crippen molar-refractivity contribution in [1.82, 2.24) is 0 Å². The van der Waals surface area contributed by atoms with E-state index in [1.54, 1.807) is 0 Å². The van der Waals surface area contributed by atoms with Crippen LogP contribution in [-0.4, -0.2) is 0 Å². The molecule has 0 aromatic rings. The largest absolute Gasteiger partial charge is 0.0885 e. The fourth-order valence-corrected chi connectivity index (χ4v) is 2.95. The number of unbranched alkanes of at least 4 members (excludes halogenated alkanes) is 16. The van der Waals surface area contributed by atoms with Crippen LogP contribution >= 0.6 is 0 Å². The molecule has 0 heterocycles. The van der Waals surface area contributed by atoms with Gasteiger partial charge in [-0.2, -0.15) is 0 Å². The molecule has 0 nitrogen and oxygen atoms in total. The van der Waals surface area contributed by atoms with Crippen LogP contribution in [0.15, 0.2) is 12.2 Å². The molecule has 0 aromatic heterocycles. The van der Waals surface area contributed by atoms with E-state index < -0.39 is 0 Å². The summed E-state index contributed by atoms with van der Waals surface area (Å²) in [6.45, 7) is 6.18. The SMILES string of the molecule is [CH2]CCCCCCC=CCCCCCCCCCCCCC. The first-order chi connectivity index (χ1) is 10.9. The molecule has 0 atom stereocenters. The molecule has 131 valence electrons. The predicted octanol–water partition coefficient (Wildman–Crippen LogP) is 8.42. The first-order valence-electron chi connectivity index (χ1n) is 10.4. The second-order valence-corrected chi connectivity index (χ2v) is 6.85. The second kappa shape index (κ2) is 20.7. The van der Waals surface area contributed by atoms with E-state index in [1.807, 2.05) is 0 Å². The van der Waals surface area contributed by atoms with Crippen molar-refractivity contribution in [1.29, 1.82) is 0 Å². The van der Waals surface area contributed by atoms with E-state index in [0.717, 1.165) is 6.42 Å². The van der Waals surface area contributed by atoms with E-state index in [1.165, 1.54) is 109 Å². The Balaban J connectivity index is 3.01. The second-order valence-electron chi connectivity index (χ2n) is 6.85. The fraction of sp³-hybridized carbons (Fsp3) is 0.864. The summed E-state index contributed by atoms with van der Waals surface area (Å²) in [6, 6.07) is 0. The van der Waals surface area contributed by atoms with Gasteiger partial charge in [-0.1, -0.05) is 116 Å². The number of allylic oxidation sites excluding steroid dienone is 2. The Kier molecular flexibility index (Phi) is 20.5. The summed E-state index contributed by atoms with van der Waals surface area (Å²) in [6.07, 6.45) is 29.8. The first kappa shape index (κ1) is 21.7. The quantitative estimate of drug-likeness (QED) is 0.176. The highest BCUT2D eigenvalue weighted by Crippen LogP contribution is 2.12. The van der Waals surface area contributed by atoms with Crippen molar-refractivity contribution in [3.8, 4) is 0 Å². The zero-order valence-electron chi connectivity index (χ0n) is 15.6. The van der Waals surface area contributed by atoms with Gasteiger partial charge in [-0.15, -0.1) is 0 Å². The van der Waals surface area contributed by atoms with Gasteiger partial charge in [-0.3, -0.25) is 0 Å². The maximum Gasteiger partial charge on any atom is -0.0351 e. The molecule has 0 aliphatic rings. The van der Waals surface area contributed by atoms with Crippen LogP contribution in [-0.2, 0) is 0 Å². The molecule has 0 saturated heterocycles. The van der Waals surface area contributed by atoms with Gasteiger partial charge in [0.2, 0.25) is 0 Å². The molecule has 0 spiro atoms. The summed E-state index contributed by atoms with van der Waals surface area (Å²) in [4.78, 5) is 0. The Morgan fingerprint density at radius 3 is 1.27 bits per heavy atom. The van der Waals surface area contributed by atoms with Crippen molar-refractivity contribution in [2.75, 3.05) is 0 Å². The smallest absolute Gasteiger partial charge is 0.0351 e. The van der Waals surface area contributed by atoms with Crippen molar-refractivity contribution >= 4 is 0 Å². The Bertz CT molecular complexity index is 204. The molecular weight excluding hydrogens is 264 g/mol. The number of hydrogen-bond acceptors (Lipinski definition) is 0. The van der Waals surface area contributed by atoms with Crippen LogP contribution in [0.5, 0.6) is 0 Å². The normalized spacial score (nSPS) is 11.5. The molecule has 0 saturated carbocycles. The molecule has 1 radical (unpaired) electrons. The lowest BCUT2D eigenvalue weighted by molar-refractivity contribution is 0.550. The third-order valence-electron chi connectivity index (χ3n) is 4.51. The number of rotatable bonds is 18. The van der Waals surface area contributed by atoms with E-state index in [-0.39, 0.29) is 0 Å². The van der Waals surface area contributed by atoms with Gasteiger partial charge in [0.15, 0.2) is 0 Å². The lowest BCUT2D eigenvalue weighted by Crippen LogP contribution is -1.82. The molecule has 0 unspecified atom stereocenters. The summed E-state index contributed by atoms with van der Waals surface area (Å²) < 4.78 is 0. The van der Waals surface area contributed by atoms with Crippen LogP contribution in [0.4, 0.5) is 0 Å². The van der Waals surface area contributed by atoms with Crippen molar-refractivity contribution in [2.24, 2.45) is 0 Å². The minimum Gasteiger partial charge on any atom is -0.0885 e. The Hall–Kier alpha value is -0.260. The molecule has 0 aliphatic carbocycles. The maximum atomic E-state index is 3.89. The van der Waals surface area contributed by atoms with Crippen LogP contribution in [0.2, 0.25) is 0 Å². The highest BCUT2D eigenvalue weighted by molar-refractivity contribution is 4.81. The Morgan fingerprint density at radius 2 is 0.864 bits per heavy atom. The summed E-state index contributed by atoms with van der Waals surface area (Å²) in [7, 11) is 0. The van der Waals surface area contributed by atoms with Gasteiger partial charge < -0.3 is 0 Å². The van der Waals surface area contributed by atoms with Crippen LogP contribution in [0, 0.1) is 6.92 Å². The van der Waals surface area contributed by atoms with Gasteiger partial charge in [0.25, 0.3) is 0 Å². The molecule has 0 heteroatoms. The Labute approximate surface area is 142 Å². The fourth-order valence-electron chi connectivity index (χ4n) is 2.95. The summed E-state index contributed by atoms with van der Waals surface area (Å²) in [5, 5.41) is 0. The standard InChI is InChI=1S/C22H43/c1-3-5-7-9-11-13-15-17-19-21-22-20-18-16-14-12-10-8-6-4-2/h15,17H,1,3-14,16,18-22H2,2H3. The topological polar surface area (TPSA) is 0 Å². The molecule has 0 rings (SSSR count). The first-order valence-corrected chi connectivity index (χ1v) is 10.4.